The zero-order valence-corrected chi connectivity index (χ0v) is 13.1. The molecule has 0 spiro atoms. The van der Waals surface area contributed by atoms with Crippen molar-refractivity contribution < 1.29 is 27.6 Å². The van der Waals surface area contributed by atoms with Crippen LogP contribution in [0.5, 0.6) is 0 Å². The van der Waals surface area contributed by atoms with E-state index in [4.69, 9.17) is 11.6 Å². The molecule has 0 bridgehead atoms. The second-order valence-corrected chi connectivity index (χ2v) is 4.88. The summed E-state index contributed by atoms with van der Waals surface area (Å²) in [6.45, 7) is -1.99. The molecule has 11 heteroatoms. The maximum Gasteiger partial charge on any atom is 0.405 e. The van der Waals surface area contributed by atoms with E-state index in [1.807, 2.05) is 0 Å². The van der Waals surface area contributed by atoms with Gasteiger partial charge in [-0.15, -0.1) is 0 Å². The predicted molar refractivity (Wildman–Crippen MR) is 80.9 cm³/mol. The Hall–Kier alpha value is -2.49. The van der Waals surface area contributed by atoms with Gasteiger partial charge in [0.2, 0.25) is 5.91 Å². The van der Waals surface area contributed by atoms with Crippen molar-refractivity contribution in [2.45, 2.75) is 6.18 Å². The van der Waals surface area contributed by atoms with Gasteiger partial charge in [-0.3, -0.25) is 14.9 Å². The van der Waals surface area contributed by atoms with Gasteiger partial charge in [0.15, 0.2) is 0 Å². The number of amides is 4. The van der Waals surface area contributed by atoms with Crippen LogP contribution >= 0.6 is 11.6 Å². The first-order valence-corrected chi connectivity index (χ1v) is 6.90. The smallest absolute Gasteiger partial charge is 0.375 e. The Kier molecular flexibility index (Phi) is 6.83. The van der Waals surface area contributed by atoms with Gasteiger partial charge in [-0.1, -0.05) is 11.6 Å². The minimum absolute atomic E-state index is 0.219. The SMILES string of the molecule is CNC(=O)c1ccc(Cl)c(NCC(=O)NC(=O)NCC(F)(F)F)c1. The number of alkyl halides is 3. The van der Waals surface area contributed by atoms with E-state index in [1.165, 1.54) is 30.6 Å². The Morgan fingerprint density at radius 1 is 1.21 bits per heavy atom. The zero-order valence-electron chi connectivity index (χ0n) is 12.4. The molecule has 4 N–H and O–H groups in total. The molecule has 0 saturated heterocycles. The average molecular weight is 367 g/mol. The van der Waals surface area contributed by atoms with E-state index in [1.54, 1.807) is 5.32 Å². The highest BCUT2D eigenvalue weighted by Crippen LogP contribution is 2.22. The van der Waals surface area contributed by atoms with Crippen LogP contribution in [0, 0.1) is 0 Å². The number of carbonyl (C=O) groups is 3. The highest BCUT2D eigenvalue weighted by atomic mass is 35.5. The second-order valence-electron chi connectivity index (χ2n) is 4.47. The van der Waals surface area contributed by atoms with Gasteiger partial charge in [0.25, 0.3) is 5.91 Å². The van der Waals surface area contributed by atoms with Gasteiger partial charge in [-0.25, -0.2) is 4.79 Å². The van der Waals surface area contributed by atoms with Crippen molar-refractivity contribution in [3.8, 4) is 0 Å². The summed E-state index contributed by atoms with van der Waals surface area (Å²) in [5, 5.41) is 8.42. The maximum atomic E-state index is 11.9. The van der Waals surface area contributed by atoms with Gasteiger partial charge in [0.05, 0.1) is 17.3 Å². The molecule has 0 aliphatic rings. The standard InChI is InChI=1S/C13H14ClF3N4O3/c1-18-11(23)7-2-3-8(14)9(4-7)19-5-10(22)21-12(24)20-6-13(15,16)17/h2-4,19H,5-6H2,1H3,(H,18,23)(H2,20,21,22,24). The van der Waals surface area contributed by atoms with Crippen molar-refractivity contribution in [1.29, 1.82) is 0 Å². The summed E-state index contributed by atoms with van der Waals surface area (Å²) >= 11 is 5.90. The molecule has 1 aromatic rings. The molecule has 24 heavy (non-hydrogen) atoms. The van der Waals surface area contributed by atoms with E-state index in [2.05, 4.69) is 10.6 Å². The molecule has 0 atom stereocenters. The number of anilines is 1. The first-order valence-electron chi connectivity index (χ1n) is 6.52. The third-order valence-electron chi connectivity index (χ3n) is 2.60. The lowest BCUT2D eigenvalue weighted by molar-refractivity contribution is -0.124. The first-order chi connectivity index (χ1) is 11.1. The highest BCUT2D eigenvalue weighted by Gasteiger charge is 2.27. The summed E-state index contributed by atoms with van der Waals surface area (Å²) in [5.41, 5.74) is 0.538. The molecular weight excluding hydrogens is 353 g/mol. The van der Waals surface area contributed by atoms with Crippen molar-refractivity contribution in [1.82, 2.24) is 16.0 Å². The van der Waals surface area contributed by atoms with Crippen LogP contribution in [0.15, 0.2) is 18.2 Å². The summed E-state index contributed by atoms with van der Waals surface area (Å²) in [4.78, 5) is 34.1. The number of nitrogens with one attached hydrogen (secondary N) is 4. The molecule has 0 fully saturated rings. The molecule has 0 aliphatic heterocycles. The number of hydrogen-bond donors (Lipinski definition) is 4. The van der Waals surface area contributed by atoms with Crippen molar-refractivity contribution in [2.24, 2.45) is 0 Å². The fraction of sp³-hybridized carbons (Fsp3) is 0.308. The topological polar surface area (TPSA) is 99.3 Å². The average Bonchev–Trinajstić information content (AvgIpc) is 2.50. The summed E-state index contributed by atoms with van der Waals surface area (Å²) in [6.07, 6.45) is -4.58. The number of urea groups is 1. The lowest BCUT2D eigenvalue weighted by Gasteiger charge is -2.11. The molecule has 0 aliphatic carbocycles. The minimum Gasteiger partial charge on any atom is -0.375 e. The molecule has 7 nitrogen and oxygen atoms in total. The molecular formula is C13H14ClF3N4O3. The largest absolute Gasteiger partial charge is 0.405 e. The second kappa shape index (κ2) is 8.39. The monoisotopic (exact) mass is 366 g/mol. The van der Waals surface area contributed by atoms with Gasteiger partial charge in [0.1, 0.15) is 6.54 Å². The molecule has 1 aromatic carbocycles. The zero-order chi connectivity index (χ0) is 18.3. The Morgan fingerprint density at radius 3 is 2.46 bits per heavy atom. The normalized spacial score (nSPS) is 10.7. The van der Waals surface area contributed by atoms with Crippen LogP contribution in [0.25, 0.3) is 0 Å². The van der Waals surface area contributed by atoms with Crippen LogP contribution in [0.4, 0.5) is 23.7 Å². The third-order valence-corrected chi connectivity index (χ3v) is 2.93. The molecule has 0 radical (unpaired) electrons. The number of halogens is 4. The number of hydrogen-bond acceptors (Lipinski definition) is 4. The van der Waals surface area contributed by atoms with Crippen LogP contribution < -0.4 is 21.3 Å². The Labute approximate surface area is 139 Å². The first kappa shape index (κ1) is 19.6. The number of imide groups is 1. The van der Waals surface area contributed by atoms with Crippen LogP contribution in [-0.2, 0) is 4.79 Å². The fourth-order valence-corrected chi connectivity index (χ4v) is 1.70. The molecule has 1 rings (SSSR count). The van der Waals surface area contributed by atoms with Gasteiger partial charge in [-0.05, 0) is 18.2 Å². The summed E-state index contributed by atoms with van der Waals surface area (Å²) in [7, 11) is 1.44. The van der Waals surface area contributed by atoms with E-state index in [-0.39, 0.29) is 22.2 Å². The van der Waals surface area contributed by atoms with Crippen LogP contribution in [0.3, 0.4) is 0 Å². The Morgan fingerprint density at radius 2 is 1.88 bits per heavy atom. The van der Waals surface area contributed by atoms with Crippen molar-refractivity contribution in [3.05, 3.63) is 28.8 Å². The third kappa shape index (κ3) is 6.73. The molecule has 0 saturated carbocycles. The van der Waals surface area contributed by atoms with Gasteiger partial charge >= 0.3 is 12.2 Å². The Balaban J connectivity index is 2.55. The molecule has 0 aromatic heterocycles. The maximum absolute atomic E-state index is 11.9. The van der Waals surface area contributed by atoms with Gasteiger partial charge < -0.3 is 16.0 Å². The quantitative estimate of drug-likeness (QED) is 0.634. The van der Waals surface area contributed by atoms with Crippen LogP contribution in [0.1, 0.15) is 10.4 Å². The van der Waals surface area contributed by atoms with Crippen molar-refractivity contribution >= 4 is 35.1 Å². The fourth-order valence-electron chi connectivity index (χ4n) is 1.52. The highest BCUT2D eigenvalue weighted by molar-refractivity contribution is 6.33. The number of benzene rings is 1. The van der Waals surface area contributed by atoms with Gasteiger partial charge in [0, 0.05) is 12.6 Å². The molecule has 4 amide bonds. The summed E-state index contributed by atoms with van der Waals surface area (Å²) in [5.74, 6) is -1.25. The lowest BCUT2D eigenvalue weighted by Crippen LogP contribution is -2.45. The van der Waals surface area contributed by atoms with Crippen molar-refractivity contribution in [2.75, 3.05) is 25.5 Å². The molecule has 0 unspecified atom stereocenters. The summed E-state index contributed by atoms with van der Waals surface area (Å²) < 4.78 is 35.7. The van der Waals surface area contributed by atoms with Gasteiger partial charge in [-0.2, -0.15) is 13.2 Å². The Bertz CT molecular complexity index is 637. The van der Waals surface area contributed by atoms with E-state index < -0.39 is 31.2 Å². The minimum atomic E-state index is -4.58. The van der Waals surface area contributed by atoms with E-state index >= 15 is 0 Å². The van der Waals surface area contributed by atoms with Crippen molar-refractivity contribution in [3.63, 3.8) is 0 Å². The number of rotatable bonds is 5. The van der Waals surface area contributed by atoms with E-state index in [0.717, 1.165) is 0 Å². The van der Waals surface area contributed by atoms with Crippen LogP contribution in [0.2, 0.25) is 5.02 Å². The van der Waals surface area contributed by atoms with E-state index in [0.29, 0.717) is 0 Å². The summed E-state index contributed by atoms with van der Waals surface area (Å²) in [6, 6.07) is 3.02. The van der Waals surface area contributed by atoms with E-state index in [9.17, 15) is 27.6 Å². The molecule has 132 valence electrons. The van der Waals surface area contributed by atoms with Crippen LogP contribution in [-0.4, -0.2) is 44.2 Å². The number of carbonyl (C=O) groups excluding carboxylic acids is 3. The lowest BCUT2D eigenvalue weighted by atomic mass is 10.2. The molecule has 0 heterocycles. The predicted octanol–water partition coefficient (Wildman–Crippen LogP) is 1.50.